The number of thioether (sulfide) groups is 1. The Morgan fingerprint density at radius 2 is 1.94 bits per heavy atom. The molecule has 0 atom stereocenters. The van der Waals surface area contributed by atoms with E-state index in [1.165, 1.54) is 22.3 Å². The van der Waals surface area contributed by atoms with Gasteiger partial charge in [-0.05, 0) is 43.4 Å². The van der Waals surface area contributed by atoms with Crippen LogP contribution in [0.4, 0.5) is 0 Å². The molecule has 0 aliphatic heterocycles. The average Bonchev–Trinajstić information content (AvgIpc) is 2.34. The maximum Gasteiger partial charge on any atom is 0.0704 e. The molecule has 2 rings (SSSR count). The largest absolute Gasteiger partial charge is 0.256 e. The minimum atomic E-state index is 1.03. The summed E-state index contributed by atoms with van der Waals surface area (Å²) >= 11 is 1.82. The third-order valence-corrected chi connectivity index (χ3v) is 3.43. The molecule has 0 aliphatic rings. The van der Waals surface area contributed by atoms with Gasteiger partial charge in [-0.15, -0.1) is 0 Å². The Hall–Kier alpha value is -1.28. The van der Waals surface area contributed by atoms with Gasteiger partial charge in [0.15, 0.2) is 0 Å². The molecule has 0 N–H and O–H groups in total. The van der Waals surface area contributed by atoms with E-state index in [9.17, 15) is 0 Å². The summed E-state index contributed by atoms with van der Waals surface area (Å²) in [6.07, 6.45) is 4.09. The van der Waals surface area contributed by atoms with Crippen LogP contribution < -0.4 is 0 Å². The van der Waals surface area contributed by atoms with E-state index in [2.05, 4.69) is 55.4 Å². The van der Waals surface area contributed by atoms with Crippen molar-refractivity contribution in [2.75, 3.05) is 6.26 Å². The molecular weight excluding hydrogens is 226 g/mol. The van der Waals surface area contributed by atoms with Gasteiger partial charge in [-0.3, -0.25) is 4.98 Å². The third kappa shape index (κ3) is 2.89. The lowest BCUT2D eigenvalue weighted by Crippen LogP contribution is -1.90. The second kappa shape index (κ2) is 5.37. The molecule has 1 heterocycles. The highest BCUT2D eigenvalue weighted by Gasteiger charge is 2.03. The zero-order valence-electron chi connectivity index (χ0n) is 10.5. The van der Waals surface area contributed by atoms with Crippen LogP contribution in [0.1, 0.15) is 16.7 Å². The van der Waals surface area contributed by atoms with E-state index in [-0.39, 0.29) is 0 Å². The Morgan fingerprint density at radius 1 is 1.12 bits per heavy atom. The van der Waals surface area contributed by atoms with Crippen molar-refractivity contribution in [3.8, 4) is 11.3 Å². The van der Waals surface area contributed by atoms with Crippen molar-refractivity contribution >= 4 is 11.8 Å². The Morgan fingerprint density at radius 3 is 2.59 bits per heavy atom. The van der Waals surface area contributed by atoms with Gasteiger partial charge in [0.25, 0.3) is 0 Å². The first-order valence-electron chi connectivity index (χ1n) is 5.72. The van der Waals surface area contributed by atoms with Crippen LogP contribution in [0, 0.1) is 13.8 Å². The Labute approximate surface area is 107 Å². The minimum absolute atomic E-state index is 1.03. The first kappa shape index (κ1) is 12.2. The summed E-state index contributed by atoms with van der Waals surface area (Å²) in [6, 6.07) is 10.8. The van der Waals surface area contributed by atoms with Crippen LogP contribution in [0.25, 0.3) is 11.3 Å². The van der Waals surface area contributed by atoms with Crippen molar-refractivity contribution in [2.45, 2.75) is 19.6 Å². The molecule has 2 heteroatoms. The lowest BCUT2D eigenvalue weighted by molar-refractivity contribution is 1.24. The fourth-order valence-corrected chi connectivity index (χ4v) is 2.35. The summed E-state index contributed by atoms with van der Waals surface area (Å²) in [7, 11) is 0. The number of benzene rings is 1. The van der Waals surface area contributed by atoms with Crippen molar-refractivity contribution < 1.29 is 0 Å². The first-order valence-corrected chi connectivity index (χ1v) is 7.11. The normalized spacial score (nSPS) is 10.5. The van der Waals surface area contributed by atoms with Crippen LogP contribution in [0.3, 0.4) is 0 Å². The first-order chi connectivity index (χ1) is 8.20. The maximum atomic E-state index is 4.56. The van der Waals surface area contributed by atoms with E-state index in [0.29, 0.717) is 0 Å². The van der Waals surface area contributed by atoms with E-state index in [1.807, 2.05) is 18.0 Å². The minimum Gasteiger partial charge on any atom is -0.256 e. The van der Waals surface area contributed by atoms with Gasteiger partial charge in [-0.2, -0.15) is 11.8 Å². The third-order valence-electron chi connectivity index (χ3n) is 2.80. The predicted molar refractivity (Wildman–Crippen MR) is 76.4 cm³/mol. The number of rotatable bonds is 3. The SMILES string of the molecule is CSCc1ccc(-c2cc(C)ccc2C)nc1. The van der Waals surface area contributed by atoms with E-state index in [4.69, 9.17) is 0 Å². The zero-order chi connectivity index (χ0) is 12.3. The molecule has 0 spiro atoms. The molecule has 88 valence electrons. The quantitative estimate of drug-likeness (QED) is 0.800. The van der Waals surface area contributed by atoms with Crippen molar-refractivity contribution in [2.24, 2.45) is 0 Å². The predicted octanol–water partition coefficient (Wildman–Crippen LogP) is 4.23. The number of hydrogen-bond acceptors (Lipinski definition) is 2. The van der Waals surface area contributed by atoms with Gasteiger partial charge in [0.05, 0.1) is 5.69 Å². The number of aromatic nitrogens is 1. The lowest BCUT2D eigenvalue weighted by atomic mass is 10.0. The smallest absolute Gasteiger partial charge is 0.0704 e. The van der Waals surface area contributed by atoms with Gasteiger partial charge in [0.2, 0.25) is 0 Å². The molecule has 0 saturated heterocycles. The number of hydrogen-bond donors (Lipinski definition) is 0. The molecule has 0 aliphatic carbocycles. The van der Waals surface area contributed by atoms with Crippen LogP contribution >= 0.6 is 11.8 Å². The molecule has 1 nitrogen and oxygen atoms in total. The van der Waals surface area contributed by atoms with E-state index in [0.717, 1.165) is 11.4 Å². The van der Waals surface area contributed by atoms with Crippen molar-refractivity contribution in [3.63, 3.8) is 0 Å². The lowest BCUT2D eigenvalue weighted by Gasteiger charge is -2.07. The maximum absolute atomic E-state index is 4.56. The number of aryl methyl sites for hydroxylation is 2. The Bertz CT molecular complexity index is 503. The highest BCUT2D eigenvalue weighted by molar-refractivity contribution is 7.97. The molecular formula is C15H17NS. The molecule has 0 radical (unpaired) electrons. The van der Waals surface area contributed by atoms with Crippen LogP contribution in [-0.4, -0.2) is 11.2 Å². The molecule has 17 heavy (non-hydrogen) atoms. The Kier molecular flexibility index (Phi) is 3.85. The molecule has 0 saturated carbocycles. The highest BCUT2D eigenvalue weighted by atomic mass is 32.2. The summed E-state index contributed by atoms with van der Waals surface area (Å²) in [6.45, 7) is 4.25. The molecule has 2 aromatic rings. The summed E-state index contributed by atoms with van der Waals surface area (Å²) in [5.41, 5.74) is 6.14. The zero-order valence-corrected chi connectivity index (χ0v) is 11.3. The van der Waals surface area contributed by atoms with E-state index in [1.54, 1.807) is 0 Å². The van der Waals surface area contributed by atoms with Gasteiger partial charge in [-0.25, -0.2) is 0 Å². The van der Waals surface area contributed by atoms with Gasteiger partial charge in [0.1, 0.15) is 0 Å². The summed E-state index contributed by atoms with van der Waals surface area (Å²) < 4.78 is 0. The molecule has 1 aromatic carbocycles. The van der Waals surface area contributed by atoms with Crippen LogP contribution in [0.2, 0.25) is 0 Å². The van der Waals surface area contributed by atoms with Crippen molar-refractivity contribution in [1.82, 2.24) is 4.98 Å². The monoisotopic (exact) mass is 243 g/mol. The summed E-state index contributed by atoms with van der Waals surface area (Å²) in [5.74, 6) is 1.03. The van der Waals surface area contributed by atoms with Crippen molar-refractivity contribution in [1.29, 1.82) is 0 Å². The fraction of sp³-hybridized carbons (Fsp3) is 0.267. The second-order valence-corrected chi connectivity index (χ2v) is 5.17. The molecule has 1 aromatic heterocycles. The van der Waals surface area contributed by atoms with Crippen LogP contribution in [-0.2, 0) is 5.75 Å². The number of nitrogens with zero attached hydrogens (tertiary/aromatic N) is 1. The summed E-state index contributed by atoms with van der Waals surface area (Å²) in [5, 5.41) is 0. The number of pyridine rings is 1. The standard InChI is InChI=1S/C15H17NS/c1-11-4-5-12(2)14(8-11)15-7-6-13(9-16-15)10-17-3/h4-9H,10H2,1-3H3. The van der Waals surface area contributed by atoms with Gasteiger partial charge < -0.3 is 0 Å². The average molecular weight is 243 g/mol. The second-order valence-electron chi connectivity index (χ2n) is 4.30. The van der Waals surface area contributed by atoms with Gasteiger partial charge in [0, 0.05) is 17.5 Å². The molecule has 0 unspecified atom stereocenters. The van der Waals surface area contributed by atoms with E-state index < -0.39 is 0 Å². The van der Waals surface area contributed by atoms with Gasteiger partial charge >= 0.3 is 0 Å². The topological polar surface area (TPSA) is 12.9 Å². The molecule has 0 fully saturated rings. The van der Waals surface area contributed by atoms with Crippen LogP contribution in [0.5, 0.6) is 0 Å². The highest BCUT2D eigenvalue weighted by Crippen LogP contribution is 2.23. The fourth-order valence-electron chi connectivity index (χ4n) is 1.85. The van der Waals surface area contributed by atoms with Gasteiger partial charge in [-0.1, -0.05) is 23.8 Å². The molecule has 0 bridgehead atoms. The molecule has 0 amide bonds. The van der Waals surface area contributed by atoms with E-state index >= 15 is 0 Å². The summed E-state index contributed by atoms with van der Waals surface area (Å²) in [4.78, 5) is 4.56. The van der Waals surface area contributed by atoms with Crippen molar-refractivity contribution in [3.05, 3.63) is 53.2 Å². The Balaban J connectivity index is 2.36. The van der Waals surface area contributed by atoms with Crippen LogP contribution in [0.15, 0.2) is 36.5 Å².